The summed E-state index contributed by atoms with van der Waals surface area (Å²) < 4.78 is 0.631. The minimum atomic E-state index is -0.327. The standard InChI is InChI=1S/C11H7BrClN3O/c12-8-2-1-5-14-10(8)11(17)16-9-4-3-7(13)6-15-9/h1-6H,(H,15,16,17). The molecular weight excluding hydrogens is 305 g/mol. The van der Waals surface area contributed by atoms with Gasteiger partial charge in [-0.15, -0.1) is 0 Å². The highest BCUT2D eigenvalue weighted by molar-refractivity contribution is 9.10. The van der Waals surface area contributed by atoms with Crippen molar-refractivity contribution in [1.29, 1.82) is 0 Å². The summed E-state index contributed by atoms with van der Waals surface area (Å²) in [6.07, 6.45) is 3.01. The van der Waals surface area contributed by atoms with Crippen molar-refractivity contribution in [2.45, 2.75) is 0 Å². The first-order valence-corrected chi connectivity index (χ1v) is 5.87. The third-order valence-corrected chi connectivity index (χ3v) is 2.81. The van der Waals surface area contributed by atoms with Crippen molar-refractivity contribution >= 4 is 39.3 Å². The Morgan fingerprint density at radius 3 is 2.76 bits per heavy atom. The molecule has 0 bridgehead atoms. The Morgan fingerprint density at radius 1 is 1.29 bits per heavy atom. The maximum Gasteiger partial charge on any atom is 0.276 e. The normalized spacial score (nSPS) is 10.0. The lowest BCUT2D eigenvalue weighted by Crippen LogP contribution is -2.15. The smallest absolute Gasteiger partial charge is 0.276 e. The Kier molecular flexibility index (Phi) is 3.71. The minimum absolute atomic E-state index is 0.309. The fraction of sp³-hybridized carbons (Fsp3) is 0. The van der Waals surface area contributed by atoms with Gasteiger partial charge in [0, 0.05) is 16.9 Å². The molecule has 86 valence electrons. The predicted molar refractivity (Wildman–Crippen MR) is 69.1 cm³/mol. The molecule has 0 aliphatic carbocycles. The van der Waals surface area contributed by atoms with Crippen molar-refractivity contribution in [2.75, 3.05) is 5.32 Å². The third kappa shape index (κ3) is 3.01. The second kappa shape index (κ2) is 5.25. The first-order chi connectivity index (χ1) is 8.16. The molecule has 4 nitrogen and oxygen atoms in total. The van der Waals surface area contributed by atoms with E-state index >= 15 is 0 Å². The molecule has 0 saturated heterocycles. The number of rotatable bonds is 2. The third-order valence-electron chi connectivity index (χ3n) is 1.94. The van der Waals surface area contributed by atoms with Gasteiger partial charge in [0.2, 0.25) is 0 Å². The fourth-order valence-corrected chi connectivity index (χ4v) is 1.72. The van der Waals surface area contributed by atoms with Crippen molar-refractivity contribution in [1.82, 2.24) is 9.97 Å². The molecule has 2 heterocycles. The number of anilines is 1. The number of nitrogens with zero attached hydrogens (tertiary/aromatic N) is 2. The van der Waals surface area contributed by atoms with E-state index < -0.39 is 0 Å². The van der Waals surface area contributed by atoms with Crippen LogP contribution in [0, 0.1) is 0 Å². The molecule has 2 rings (SSSR count). The molecule has 0 fully saturated rings. The zero-order chi connectivity index (χ0) is 12.3. The van der Waals surface area contributed by atoms with Crippen LogP contribution in [0.15, 0.2) is 41.1 Å². The summed E-state index contributed by atoms with van der Waals surface area (Å²) in [6.45, 7) is 0. The zero-order valence-corrected chi connectivity index (χ0v) is 10.9. The van der Waals surface area contributed by atoms with E-state index in [0.29, 0.717) is 21.0 Å². The molecule has 0 aliphatic heterocycles. The van der Waals surface area contributed by atoms with E-state index in [1.165, 1.54) is 6.20 Å². The van der Waals surface area contributed by atoms with E-state index in [1.807, 2.05) is 0 Å². The lowest BCUT2D eigenvalue weighted by molar-refractivity contribution is 0.102. The van der Waals surface area contributed by atoms with E-state index in [2.05, 4.69) is 31.2 Å². The van der Waals surface area contributed by atoms with E-state index in [-0.39, 0.29) is 5.91 Å². The van der Waals surface area contributed by atoms with E-state index in [0.717, 1.165) is 0 Å². The Hall–Kier alpha value is -1.46. The summed E-state index contributed by atoms with van der Waals surface area (Å²) in [5, 5.41) is 3.14. The zero-order valence-electron chi connectivity index (χ0n) is 8.52. The molecule has 6 heteroatoms. The van der Waals surface area contributed by atoms with Crippen LogP contribution in [-0.4, -0.2) is 15.9 Å². The van der Waals surface area contributed by atoms with E-state index in [1.54, 1.807) is 30.5 Å². The second-order valence-electron chi connectivity index (χ2n) is 3.15. The first kappa shape index (κ1) is 12.0. The molecule has 1 amide bonds. The van der Waals surface area contributed by atoms with Crippen LogP contribution >= 0.6 is 27.5 Å². The Labute approximate surface area is 111 Å². The van der Waals surface area contributed by atoms with Gasteiger partial charge in [0.25, 0.3) is 5.91 Å². The largest absolute Gasteiger partial charge is 0.305 e. The van der Waals surface area contributed by atoms with Crippen molar-refractivity contribution in [3.8, 4) is 0 Å². The van der Waals surface area contributed by atoms with Gasteiger partial charge in [-0.05, 0) is 40.2 Å². The van der Waals surface area contributed by atoms with Crippen LogP contribution < -0.4 is 5.32 Å². The van der Waals surface area contributed by atoms with Crippen molar-refractivity contribution in [2.24, 2.45) is 0 Å². The van der Waals surface area contributed by atoms with E-state index in [4.69, 9.17) is 11.6 Å². The van der Waals surface area contributed by atoms with Gasteiger partial charge in [-0.3, -0.25) is 4.79 Å². The van der Waals surface area contributed by atoms with Crippen LogP contribution in [0.5, 0.6) is 0 Å². The highest BCUT2D eigenvalue weighted by atomic mass is 79.9. The highest BCUT2D eigenvalue weighted by Crippen LogP contribution is 2.15. The number of nitrogens with one attached hydrogen (secondary N) is 1. The quantitative estimate of drug-likeness (QED) is 0.927. The van der Waals surface area contributed by atoms with Gasteiger partial charge >= 0.3 is 0 Å². The van der Waals surface area contributed by atoms with Crippen molar-refractivity contribution in [3.05, 3.63) is 51.8 Å². The van der Waals surface area contributed by atoms with E-state index in [9.17, 15) is 4.79 Å². The van der Waals surface area contributed by atoms with Crippen LogP contribution in [0.4, 0.5) is 5.82 Å². The van der Waals surface area contributed by atoms with Gasteiger partial charge in [0.05, 0.1) is 5.02 Å². The second-order valence-corrected chi connectivity index (χ2v) is 4.44. The number of carbonyl (C=O) groups excluding carboxylic acids is 1. The molecule has 0 spiro atoms. The molecule has 0 unspecified atom stereocenters. The molecule has 17 heavy (non-hydrogen) atoms. The SMILES string of the molecule is O=C(Nc1ccc(Cl)cn1)c1ncccc1Br. The van der Waals surface area contributed by atoms with Crippen LogP contribution in [-0.2, 0) is 0 Å². The fourth-order valence-electron chi connectivity index (χ4n) is 1.18. The van der Waals surface area contributed by atoms with Crippen LogP contribution in [0.2, 0.25) is 5.02 Å². The van der Waals surface area contributed by atoms with Gasteiger partial charge < -0.3 is 5.32 Å². The van der Waals surface area contributed by atoms with Gasteiger partial charge in [-0.1, -0.05) is 11.6 Å². The average molecular weight is 313 g/mol. The number of amides is 1. The molecule has 0 saturated carbocycles. The first-order valence-electron chi connectivity index (χ1n) is 4.70. The van der Waals surface area contributed by atoms with Gasteiger partial charge in [-0.2, -0.15) is 0 Å². The number of hydrogen-bond donors (Lipinski definition) is 1. The number of hydrogen-bond acceptors (Lipinski definition) is 3. The lowest BCUT2D eigenvalue weighted by atomic mass is 10.3. The highest BCUT2D eigenvalue weighted by Gasteiger charge is 2.11. The molecular formula is C11H7BrClN3O. The molecule has 0 aliphatic rings. The van der Waals surface area contributed by atoms with Crippen LogP contribution in [0.3, 0.4) is 0 Å². The van der Waals surface area contributed by atoms with Crippen LogP contribution in [0.1, 0.15) is 10.5 Å². The summed E-state index contributed by atoms with van der Waals surface area (Å²) in [5.41, 5.74) is 0.309. The minimum Gasteiger partial charge on any atom is -0.305 e. The molecule has 0 radical (unpaired) electrons. The summed E-state index contributed by atoms with van der Waals surface area (Å²) in [4.78, 5) is 19.8. The van der Waals surface area contributed by atoms with Gasteiger partial charge in [-0.25, -0.2) is 9.97 Å². The van der Waals surface area contributed by atoms with Gasteiger partial charge in [0.15, 0.2) is 0 Å². The molecule has 0 aromatic carbocycles. The summed E-state index contributed by atoms with van der Waals surface area (Å²) in [7, 11) is 0. The Morgan fingerprint density at radius 2 is 2.12 bits per heavy atom. The van der Waals surface area contributed by atoms with Crippen LogP contribution in [0.25, 0.3) is 0 Å². The summed E-state index contributed by atoms with van der Waals surface area (Å²) in [5.74, 6) is 0.101. The molecule has 2 aromatic heterocycles. The summed E-state index contributed by atoms with van der Waals surface area (Å²) >= 11 is 8.95. The monoisotopic (exact) mass is 311 g/mol. The number of halogens is 2. The molecule has 2 aromatic rings. The Balaban J connectivity index is 2.17. The predicted octanol–water partition coefficient (Wildman–Crippen LogP) is 3.14. The number of aromatic nitrogens is 2. The maximum atomic E-state index is 11.8. The maximum absolute atomic E-state index is 11.8. The van der Waals surface area contributed by atoms with Crippen molar-refractivity contribution in [3.63, 3.8) is 0 Å². The molecule has 1 N–H and O–H groups in total. The summed E-state index contributed by atoms with van der Waals surface area (Å²) in [6, 6.07) is 6.76. The van der Waals surface area contributed by atoms with Gasteiger partial charge in [0.1, 0.15) is 11.5 Å². The number of pyridine rings is 2. The topological polar surface area (TPSA) is 54.9 Å². The average Bonchev–Trinajstić information content (AvgIpc) is 2.32. The van der Waals surface area contributed by atoms with Crippen molar-refractivity contribution < 1.29 is 4.79 Å². The number of carbonyl (C=O) groups is 1. The Bertz CT molecular complexity index is 545. The molecule has 0 atom stereocenters. The lowest BCUT2D eigenvalue weighted by Gasteiger charge is -2.04.